The molecule has 1 amide bonds. The predicted octanol–water partition coefficient (Wildman–Crippen LogP) is 7.48. The summed E-state index contributed by atoms with van der Waals surface area (Å²) in [5, 5.41) is 8.19. The molecule has 3 aromatic carbocycles. The number of pyridine rings is 1. The molecule has 1 aliphatic carbocycles. The maximum Gasteiger partial charge on any atom is 0.227 e. The van der Waals surface area contributed by atoms with Crippen LogP contribution in [0.25, 0.3) is 33.5 Å². The highest BCUT2D eigenvalue weighted by Gasteiger charge is 2.27. The quantitative estimate of drug-likeness (QED) is 0.194. The zero-order valence-corrected chi connectivity index (χ0v) is 23.5. The second-order valence-corrected chi connectivity index (χ2v) is 11.1. The van der Waals surface area contributed by atoms with E-state index in [0.717, 1.165) is 53.1 Å². The average molecular weight is 571 g/mol. The lowest BCUT2D eigenvalue weighted by atomic mass is 10.0. The standard InChI is InChI=1S/C32H29Cl2N5O/c33-26-18-25(19-27(34)21-26)32-36-31(23-12-14-35-15-13-23)37-39(32)17-16-38(28-9-2-3-10-28)30(40)20-24-8-5-7-22-6-1-4-11-29(22)24/h1,4-8,11-15,18-19,21,28H,2-3,9-10,16-17,20H2. The van der Waals surface area contributed by atoms with Crippen LogP contribution in [-0.2, 0) is 17.8 Å². The Morgan fingerprint density at radius 3 is 2.40 bits per heavy atom. The molecule has 1 aliphatic rings. The minimum absolute atomic E-state index is 0.144. The molecule has 6 rings (SSSR count). The summed E-state index contributed by atoms with van der Waals surface area (Å²) in [4.78, 5) is 24.9. The average Bonchev–Trinajstić information content (AvgIpc) is 3.64. The molecule has 2 aromatic heterocycles. The van der Waals surface area contributed by atoms with Gasteiger partial charge < -0.3 is 4.90 Å². The third-order valence-electron chi connectivity index (χ3n) is 7.59. The van der Waals surface area contributed by atoms with Gasteiger partial charge in [0, 0.05) is 46.2 Å². The zero-order chi connectivity index (χ0) is 27.5. The highest BCUT2D eigenvalue weighted by atomic mass is 35.5. The van der Waals surface area contributed by atoms with E-state index in [0.29, 0.717) is 41.2 Å². The Morgan fingerprint density at radius 2 is 1.62 bits per heavy atom. The maximum absolute atomic E-state index is 13.9. The molecule has 1 fully saturated rings. The lowest BCUT2D eigenvalue weighted by Gasteiger charge is -2.29. The number of hydrogen-bond acceptors (Lipinski definition) is 4. The SMILES string of the molecule is O=C(Cc1cccc2ccccc12)N(CCn1nc(-c2ccncc2)nc1-c1cc(Cl)cc(Cl)c1)C1CCCC1. The van der Waals surface area contributed by atoms with Gasteiger partial charge >= 0.3 is 0 Å². The Kier molecular flexibility index (Phi) is 7.80. The van der Waals surface area contributed by atoms with Gasteiger partial charge in [-0.05, 0) is 59.5 Å². The van der Waals surface area contributed by atoms with Gasteiger partial charge in [0.2, 0.25) is 5.91 Å². The number of aromatic nitrogens is 4. The summed E-state index contributed by atoms with van der Waals surface area (Å²) >= 11 is 12.7. The highest BCUT2D eigenvalue weighted by Crippen LogP contribution is 2.29. The first-order chi connectivity index (χ1) is 19.5. The molecule has 0 unspecified atom stereocenters. The van der Waals surface area contributed by atoms with Crippen molar-refractivity contribution in [2.75, 3.05) is 6.54 Å². The molecule has 0 N–H and O–H groups in total. The molecular weight excluding hydrogens is 541 g/mol. The molecule has 0 saturated heterocycles. The second-order valence-electron chi connectivity index (χ2n) is 10.2. The Morgan fingerprint density at radius 1 is 0.900 bits per heavy atom. The van der Waals surface area contributed by atoms with Crippen LogP contribution in [-0.4, -0.2) is 43.1 Å². The molecule has 0 bridgehead atoms. The minimum Gasteiger partial charge on any atom is -0.338 e. The van der Waals surface area contributed by atoms with Crippen LogP contribution in [0.1, 0.15) is 31.2 Å². The monoisotopic (exact) mass is 569 g/mol. The van der Waals surface area contributed by atoms with Gasteiger partial charge in [0.25, 0.3) is 0 Å². The van der Waals surface area contributed by atoms with Gasteiger partial charge in [-0.15, -0.1) is 0 Å². The summed E-state index contributed by atoms with van der Waals surface area (Å²) in [6, 6.07) is 23.8. The molecule has 40 heavy (non-hydrogen) atoms. The lowest BCUT2D eigenvalue weighted by molar-refractivity contribution is -0.132. The molecule has 5 aromatic rings. The normalized spacial score (nSPS) is 13.7. The molecule has 0 radical (unpaired) electrons. The fraction of sp³-hybridized carbons (Fsp3) is 0.250. The van der Waals surface area contributed by atoms with Crippen LogP contribution in [0.15, 0.2) is 85.2 Å². The van der Waals surface area contributed by atoms with E-state index in [2.05, 4.69) is 34.1 Å². The largest absolute Gasteiger partial charge is 0.338 e. The van der Waals surface area contributed by atoms with Gasteiger partial charge in [-0.1, -0.05) is 78.5 Å². The van der Waals surface area contributed by atoms with Gasteiger partial charge in [-0.25, -0.2) is 9.67 Å². The van der Waals surface area contributed by atoms with Crippen molar-refractivity contribution in [3.63, 3.8) is 0 Å². The van der Waals surface area contributed by atoms with Crippen molar-refractivity contribution in [2.45, 2.75) is 44.7 Å². The van der Waals surface area contributed by atoms with Crippen molar-refractivity contribution >= 4 is 39.9 Å². The van der Waals surface area contributed by atoms with Gasteiger partial charge in [0.15, 0.2) is 11.6 Å². The molecule has 0 aliphatic heterocycles. The maximum atomic E-state index is 13.9. The van der Waals surface area contributed by atoms with E-state index in [1.54, 1.807) is 18.5 Å². The molecule has 1 saturated carbocycles. The third kappa shape index (κ3) is 5.74. The van der Waals surface area contributed by atoms with Crippen LogP contribution >= 0.6 is 23.2 Å². The first-order valence-corrected chi connectivity index (χ1v) is 14.4. The molecule has 2 heterocycles. The number of nitrogens with zero attached hydrogens (tertiary/aromatic N) is 5. The van der Waals surface area contributed by atoms with Crippen molar-refractivity contribution in [3.05, 3.63) is 101 Å². The van der Waals surface area contributed by atoms with E-state index in [-0.39, 0.29) is 11.9 Å². The topological polar surface area (TPSA) is 63.9 Å². The summed E-state index contributed by atoms with van der Waals surface area (Å²) < 4.78 is 1.87. The molecule has 0 spiro atoms. The predicted molar refractivity (Wildman–Crippen MR) is 160 cm³/mol. The van der Waals surface area contributed by atoms with Crippen molar-refractivity contribution in [3.8, 4) is 22.8 Å². The van der Waals surface area contributed by atoms with Gasteiger partial charge in [0.1, 0.15) is 0 Å². The number of fused-ring (bicyclic) bond motifs is 1. The summed E-state index contributed by atoms with van der Waals surface area (Å²) in [5.41, 5.74) is 2.70. The number of carbonyl (C=O) groups is 1. The van der Waals surface area contributed by atoms with E-state index >= 15 is 0 Å². The third-order valence-corrected chi connectivity index (χ3v) is 8.03. The summed E-state index contributed by atoms with van der Waals surface area (Å²) in [5.74, 6) is 1.39. The second kappa shape index (κ2) is 11.8. The minimum atomic E-state index is 0.144. The van der Waals surface area contributed by atoms with E-state index in [4.69, 9.17) is 33.3 Å². The Bertz CT molecular complexity index is 1620. The number of benzene rings is 3. The van der Waals surface area contributed by atoms with Crippen LogP contribution in [0.5, 0.6) is 0 Å². The van der Waals surface area contributed by atoms with Crippen LogP contribution in [0, 0.1) is 0 Å². The lowest BCUT2D eigenvalue weighted by Crippen LogP contribution is -2.42. The zero-order valence-electron chi connectivity index (χ0n) is 22.0. The number of amides is 1. The Labute approximate surface area is 243 Å². The molecular formula is C32H29Cl2N5O. The van der Waals surface area contributed by atoms with E-state index in [1.165, 1.54) is 0 Å². The Hall–Kier alpha value is -3.74. The van der Waals surface area contributed by atoms with Gasteiger partial charge in [-0.3, -0.25) is 9.78 Å². The number of halogens is 2. The van der Waals surface area contributed by atoms with Crippen molar-refractivity contribution in [1.29, 1.82) is 0 Å². The first kappa shape index (κ1) is 26.5. The molecule has 0 atom stereocenters. The number of hydrogen-bond donors (Lipinski definition) is 0. The van der Waals surface area contributed by atoms with E-state index < -0.39 is 0 Å². The van der Waals surface area contributed by atoms with Crippen molar-refractivity contribution in [1.82, 2.24) is 24.6 Å². The molecule has 6 nitrogen and oxygen atoms in total. The Balaban J connectivity index is 1.31. The van der Waals surface area contributed by atoms with Gasteiger partial charge in [-0.2, -0.15) is 5.10 Å². The van der Waals surface area contributed by atoms with E-state index in [1.807, 2.05) is 47.1 Å². The van der Waals surface area contributed by atoms with Crippen LogP contribution in [0.4, 0.5) is 0 Å². The number of carbonyl (C=O) groups excluding carboxylic acids is 1. The fourth-order valence-corrected chi connectivity index (χ4v) is 6.18. The van der Waals surface area contributed by atoms with Gasteiger partial charge in [0.05, 0.1) is 13.0 Å². The van der Waals surface area contributed by atoms with Crippen molar-refractivity contribution in [2.24, 2.45) is 0 Å². The van der Waals surface area contributed by atoms with Crippen molar-refractivity contribution < 1.29 is 4.79 Å². The van der Waals surface area contributed by atoms with Crippen LogP contribution in [0.3, 0.4) is 0 Å². The summed E-state index contributed by atoms with van der Waals surface area (Å²) in [6.07, 6.45) is 8.15. The number of rotatable bonds is 8. The highest BCUT2D eigenvalue weighted by molar-refractivity contribution is 6.35. The molecule has 8 heteroatoms. The fourth-order valence-electron chi connectivity index (χ4n) is 5.66. The summed E-state index contributed by atoms with van der Waals surface area (Å²) in [7, 11) is 0. The first-order valence-electron chi connectivity index (χ1n) is 13.6. The van der Waals surface area contributed by atoms with Crippen LogP contribution < -0.4 is 0 Å². The van der Waals surface area contributed by atoms with Crippen LogP contribution in [0.2, 0.25) is 10.0 Å². The van der Waals surface area contributed by atoms with E-state index in [9.17, 15) is 4.79 Å². The smallest absolute Gasteiger partial charge is 0.227 e. The molecule has 202 valence electrons. The summed E-state index contributed by atoms with van der Waals surface area (Å²) in [6.45, 7) is 1.03.